The van der Waals surface area contributed by atoms with E-state index in [2.05, 4.69) is 10.3 Å². The van der Waals surface area contributed by atoms with Gasteiger partial charge in [-0.25, -0.2) is 0 Å². The summed E-state index contributed by atoms with van der Waals surface area (Å²) in [5.41, 5.74) is 6.89. The van der Waals surface area contributed by atoms with Gasteiger partial charge in [-0.1, -0.05) is 29.3 Å². The van der Waals surface area contributed by atoms with Gasteiger partial charge < -0.3 is 11.1 Å². The van der Waals surface area contributed by atoms with Gasteiger partial charge >= 0.3 is 0 Å². The minimum Gasteiger partial charge on any atom is -0.370 e. The van der Waals surface area contributed by atoms with Gasteiger partial charge in [-0.05, 0) is 43.2 Å². The Bertz CT molecular complexity index is 487. The fourth-order valence-electron chi connectivity index (χ4n) is 2.19. The van der Waals surface area contributed by atoms with Crippen LogP contribution in [0.1, 0.15) is 31.4 Å². The van der Waals surface area contributed by atoms with Crippen molar-refractivity contribution in [1.82, 2.24) is 5.32 Å². The van der Waals surface area contributed by atoms with E-state index in [1.807, 2.05) is 30.8 Å². The number of nitrogens with two attached hydrogens (primary N) is 1. The summed E-state index contributed by atoms with van der Waals surface area (Å²) in [5.74, 6) is 1.71. The molecule has 20 heavy (non-hydrogen) atoms. The molecule has 1 aromatic rings. The summed E-state index contributed by atoms with van der Waals surface area (Å²) in [5, 5.41) is 5.05. The summed E-state index contributed by atoms with van der Waals surface area (Å²) in [6, 6.07) is 5.46. The second-order valence-electron chi connectivity index (χ2n) is 4.89. The van der Waals surface area contributed by atoms with Crippen molar-refractivity contribution in [3.05, 3.63) is 33.8 Å². The summed E-state index contributed by atoms with van der Waals surface area (Å²) >= 11 is 14.1. The molecule has 1 fully saturated rings. The molecular formula is C14H19Cl2N3S. The molecule has 0 amide bonds. The van der Waals surface area contributed by atoms with Crippen molar-refractivity contribution in [3.8, 4) is 0 Å². The number of nitrogens with zero attached hydrogens (tertiary/aromatic N) is 1. The first-order chi connectivity index (χ1) is 9.56. The monoisotopic (exact) mass is 331 g/mol. The van der Waals surface area contributed by atoms with E-state index in [9.17, 15) is 0 Å². The van der Waals surface area contributed by atoms with Crippen molar-refractivity contribution in [2.45, 2.75) is 31.1 Å². The SMILES string of the molecule is CC(NC(N)=NCC1CCCS1)c1ccc(Cl)cc1Cl. The molecule has 1 heterocycles. The molecule has 0 saturated carbocycles. The molecule has 1 saturated heterocycles. The summed E-state index contributed by atoms with van der Waals surface area (Å²) in [4.78, 5) is 4.41. The van der Waals surface area contributed by atoms with Crippen molar-refractivity contribution in [3.63, 3.8) is 0 Å². The molecule has 1 aliphatic rings. The molecule has 0 aromatic heterocycles. The quantitative estimate of drug-likeness (QED) is 0.650. The molecule has 0 spiro atoms. The van der Waals surface area contributed by atoms with Gasteiger partial charge in [0.25, 0.3) is 0 Å². The first kappa shape index (κ1) is 15.8. The van der Waals surface area contributed by atoms with E-state index in [1.54, 1.807) is 6.07 Å². The van der Waals surface area contributed by atoms with Crippen LogP contribution in [0.15, 0.2) is 23.2 Å². The van der Waals surface area contributed by atoms with Crippen LogP contribution < -0.4 is 11.1 Å². The number of aliphatic imine (C=N–C) groups is 1. The van der Waals surface area contributed by atoms with Gasteiger partial charge in [-0.15, -0.1) is 0 Å². The lowest BCUT2D eigenvalue weighted by Crippen LogP contribution is -2.34. The Balaban J connectivity index is 1.92. The van der Waals surface area contributed by atoms with Gasteiger partial charge in [0.05, 0.1) is 12.6 Å². The first-order valence-corrected chi connectivity index (χ1v) is 8.49. The van der Waals surface area contributed by atoms with E-state index in [0.29, 0.717) is 21.3 Å². The van der Waals surface area contributed by atoms with E-state index in [-0.39, 0.29) is 6.04 Å². The highest BCUT2D eigenvalue weighted by Crippen LogP contribution is 2.27. The first-order valence-electron chi connectivity index (χ1n) is 6.69. The van der Waals surface area contributed by atoms with Crippen molar-refractivity contribution in [2.75, 3.05) is 12.3 Å². The molecule has 0 aliphatic carbocycles. The van der Waals surface area contributed by atoms with Crippen LogP contribution in [0.5, 0.6) is 0 Å². The third-order valence-electron chi connectivity index (χ3n) is 3.28. The summed E-state index contributed by atoms with van der Waals surface area (Å²) in [6.45, 7) is 2.78. The van der Waals surface area contributed by atoms with Gasteiger partial charge in [0.2, 0.25) is 0 Å². The molecule has 2 atom stereocenters. The van der Waals surface area contributed by atoms with Crippen LogP contribution in [0, 0.1) is 0 Å². The van der Waals surface area contributed by atoms with Crippen molar-refractivity contribution in [1.29, 1.82) is 0 Å². The Hall–Kier alpha value is -0.580. The standard InChI is InChI=1S/C14H19Cl2N3S/c1-9(12-5-4-10(15)7-13(12)16)19-14(17)18-8-11-3-2-6-20-11/h4-5,7,9,11H,2-3,6,8H2,1H3,(H3,17,18,19). The zero-order chi connectivity index (χ0) is 14.5. The molecule has 6 heteroatoms. The molecule has 110 valence electrons. The Morgan fingerprint density at radius 3 is 3.00 bits per heavy atom. The van der Waals surface area contributed by atoms with Crippen molar-refractivity contribution in [2.24, 2.45) is 10.7 Å². The molecule has 2 rings (SSSR count). The number of guanidine groups is 1. The predicted molar refractivity (Wildman–Crippen MR) is 90.0 cm³/mol. The van der Waals surface area contributed by atoms with Gasteiger partial charge in [-0.2, -0.15) is 11.8 Å². The Kier molecular flexibility index (Phi) is 5.87. The maximum Gasteiger partial charge on any atom is 0.189 e. The van der Waals surface area contributed by atoms with Crippen molar-refractivity contribution >= 4 is 40.9 Å². The van der Waals surface area contributed by atoms with E-state index in [4.69, 9.17) is 28.9 Å². The van der Waals surface area contributed by atoms with Gasteiger partial charge in [0, 0.05) is 15.3 Å². The average Bonchev–Trinajstić information content (AvgIpc) is 2.89. The maximum absolute atomic E-state index is 6.18. The summed E-state index contributed by atoms with van der Waals surface area (Å²) in [7, 11) is 0. The normalized spacial score (nSPS) is 20.9. The molecule has 1 aliphatic heterocycles. The molecule has 3 nitrogen and oxygen atoms in total. The smallest absolute Gasteiger partial charge is 0.189 e. The summed E-state index contributed by atoms with van der Waals surface area (Å²) in [6.07, 6.45) is 2.52. The number of thioether (sulfide) groups is 1. The fraction of sp³-hybridized carbons (Fsp3) is 0.500. The highest BCUT2D eigenvalue weighted by molar-refractivity contribution is 8.00. The topological polar surface area (TPSA) is 50.4 Å². The third-order valence-corrected chi connectivity index (χ3v) is 5.23. The predicted octanol–water partition coefficient (Wildman–Crippen LogP) is 3.85. The Morgan fingerprint density at radius 1 is 1.55 bits per heavy atom. The van der Waals surface area contributed by atoms with Crippen LogP contribution in [0.2, 0.25) is 10.0 Å². The average molecular weight is 332 g/mol. The largest absolute Gasteiger partial charge is 0.370 e. The molecule has 3 N–H and O–H groups in total. The Labute approximate surface area is 134 Å². The van der Waals surface area contributed by atoms with E-state index in [0.717, 1.165) is 12.1 Å². The maximum atomic E-state index is 6.18. The van der Waals surface area contributed by atoms with Crippen LogP contribution in [0.4, 0.5) is 0 Å². The molecular weight excluding hydrogens is 313 g/mol. The summed E-state index contributed by atoms with van der Waals surface area (Å²) < 4.78 is 0. The Morgan fingerprint density at radius 2 is 2.35 bits per heavy atom. The minimum atomic E-state index is -0.000234. The number of hydrogen-bond donors (Lipinski definition) is 2. The fourth-order valence-corrected chi connectivity index (χ4v) is 3.94. The second kappa shape index (κ2) is 7.43. The highest BCUT2D eigenvalue weighted by Gasteiger charge is 2.15. The zero-order valence-corrected chi connectivity index (χ0v) is 13.7. The van der Waals surface area contributed by atoms with Crippen LogP contribution >= 0.6 is 35.0 Å². The highest BCUT2D eigenvalue weighted by atomic mass is 35.5. The van der Waals surface area contributed by atoms with E-state index in [1.165, 1.54) is 18.6 Å². The van der Waals surface area contributed by atoms with Gasteiger partial charge in [-0.3, -0.25) is 4.99 Å². The van der Waals surface area contributed by atoms with Crippen LogP contribution in [0.25, 0.3) is 0 Å². The second-order valence-corrected chi connectivity index (χ2v) is 7.14. The molecule has 0 radical (unpaired) electrons. The number of hydrogen-bond acceptors (Lipinski definition) is 2. The van der Waals surface area contributed by atoms with Crippen LogP contribution in [0.3, 0.4) is 0 Å². The lowest BCUT2D eigenvalue weighted by molar-refractivity contribution is 0.703. The zero-order valence-electron chi connectivity index (χ0n) is 11.4. The van der Waals surface area contributed by atoms with Gasteiger partial charge in [0.1, 0.15) is 0 Å². The lowest BCUT2D eigenvalue weighted by atomic mass is 10.1. The minimum absolute atomic E-state index is 0.000234. The van der Waals surface area contributed by atoms with Gasteiger partial charge in [0.15, 0.2) is 5.96 Å². The van der Waals surface area contributed by atoms with Crippen LogP contribution in [-0.4, -0.2) is 23.5 Å². The number of halogens is 2. The molecule has 1 aromatic carbocycles. The van der Waals surface area contributed by atoms with E-state index >= 15 is 0 Å². The number of benzene rings is 1. The van der Waals surface area contributed by atoms with Crippen molar-refractivity contribution < 1.29 is 0 Å². The van der Waals surface area contributed by atoms with E-state index < -0.39 is 0 Å². The molecule has 0 bridgehead atoms. The van der Waals surface area contributed by atoms with Crippen LogP contribution in [-0.2, 0) is 0 Å². The molecule has 2 unspecified atom stereocenters. The number of nitrogens with one attached hydrogen (secondary N) is 1. The number of rotatable bonds is 4. The lowest BCUT2D eigenvalue weighted by Gasteiger charge is -2.17. The third kappa shape index (κ3) is 4.47.